The molecule has 6 unspecified atom stereocenters. The molecule has 4 aliphatic carbocycles. The average molecular weight is 702 g/mol. The quantitative estimate of drug-likeness (QED) is 0.0891. The molecule has 2 bridgehead atoms. The van der Waals surface area contributed by atoms with E-state index in [0.29, 0.717) is 44.7 Å². The van der Waals surface area contributed by atoms with Crippen LogP contribution in [0.2, 0.25) is 10.0 Å². The van der Waals surface area contributed by atoms with Crippen molar-refractivity contribution in [1.82, 2.24) is 4.98 Å². The highest BCUT2D eigenvalue weighted by atomic mass is 79.9. The Morgan fingerprint density at radius 2 is 1.56 bits per heavy atom. The number of hydrogen-bond acceptors (Lipinski definition) is 6. The summed E-state index contributed by atoms with van der Waals surface area (Å²) in [4.78, 5) is 59.4. The maximum Gasteiger partial charge on any atom is 0.339 e. The summed E-state index contributed by atoms with van der Waals surface area (Å²) >= 11 is 15.6. The molecule has 9 rings (SSSR count). The molecule has 3 fully saturated rings. The summed E-state index contributed by atoms with van der Waals surface area (Å²) in [7, 11) is 0. The van der Waals surface area contributed by atoms with Crippen LogP contribution in [0.1, 0.15) is 27.1 Å². The molecular weight excluding hydrogens is 679 g/mol. The zero-order valence-corrected chi connectivity index (χ0v) is 26.6. The maximum atomic E-state index is 13.6. The van der Waals surface area contributed by atoms with Crippen LogP contribution in [0.5, 0.6) is 0 Å². The van der Waals surface area contributed by atoms with Crippen molar-refractivity contribution in [2.45, 2.75) is 6.42 Å². The van der Waals surface area contributed by atoms with E-state index in [2.05, 4.69) is 28.1 Å². The molecule has 3 aromatic carbocycles. The minimum atomic E-state index is -0.700. The number of carbonyl (C=O) groups is 4. The average Bonchev–Trinajstić information content (AvgIpc) is 3.81. The van der Waals surface area contributed by atoms with Gasteiger partial charge in [-0.2, -0.15) is 0 Å². The lowest BCUT2D eigenvalue weighted by Crippen LogP contribution is -2.40. The largest absolute Gasteiger partial charge is 0.454 e. The van der Waals surface area contributed by atoms with Crippen LogP contribution in [-0.4, -0.2) is 35.2 Å². The van der Waals surface area contributed by atoms with Gasteiger partial charge in [0.15, 0.2) is 6.61 Å². The monoisotopic (exact) mass is 700 g/mol. The Hall–Kier alpha value is -3.85. The molecule has 5 aliphatic rings. The number of carbonyl (C=O) groups excluding carboxylic acids is 4. The second kappa shape index (κ2) is 10.6. The fourth-order valence-electron chi connectivity index (χ4n) is 7.51. The number of ketones is 1. The summed E-state index contributed by atoms with van der Waals surface area (Å²) in [6.45, 7) is -0.513. The van der Waals surface area contributed by atoms with Crippen LogP contribution in [0.3, 0.4) is 0 Å². The van der Waals surface area contributed by atoms with Crippen molar-refractivity contribution in [3.05, 3.63) is 105 Å². The molecule has 0 spiro atoms. The van der Waals surface area contributed by atoms with E-state index in [0.717, 1.165) is 10.9 Å². The van der Waals surface area contributed by atoms with Gasteiger partial charge < -0.3 is 4.74 Å². The maximum absolute atomic E-state index is 13.6. The molecule has 2 heterocycles. The molecule has 1 aromatic heterocycles. The molecule has 7 nitrogen and oxygen atoms in total. The Bertz CT molecular complexity index is 1980. The second-order valence-electron chi connectivity index (χ2n) is 12.1. The van der Waals surface area contributed by atoms with Gasteiger partial charge in [0, 0.05) is 26.0 Å². The third kappa shape index (κ3) is 4.65. The van der Waals surface area contributed by atoms with E-state index in [4.69, 9.17) is 32.9 Å². The van der Waals surface area contributed by atoms with Crippen LogP contribution in [0.15, 0.2) is 83.4 Å². The number of allylic oxidation sites excluding steroid dienone is 2. The predicted octanol–water partition coefficient (Wildman–Crippen LogP) is 7.57. The number of fused-ring (bicyclic) bond motifs is 1. The summed E-state index contributed by atoms with van der Waals surface area (Å²) in [5.74, 6) is -0.549. The molecule has 45 heavy (non-hydrogen) atoms. The van der Waals surface area contributed by atoms with Gasteiger partial charge in [-0.3, -0.25) is 19.3 Å². The van der Waals surface area contributed by atoms with Gasteiger partial charge in [-0.05, 0) is 84.7 Å². The highest BCUT2D eigenvalue weighted by Crippen LogP contribution is 2.65. The van der Waals surface area contributed by atoms with Crippen molar-refractivity contribution in [3.8, 4) is 11.3 Å². The molecular formula is C35H23BrCl2N2O5. The fourth-order valence-corrected chi connectivity index (χ4v) is 8.38. The summed E-state index contributed by atoms with van der Waals surface area (Å²) in [6.07, 6.45) is 5.43. The number of benzene rings is 3. The SMILES string of the molecule is O=C(COC(=O)c1cc(-c2ccc(N3C(=O)C4C5C=CC(C6CC56)C4C3=O)cc2)nc2ccc(Br)cc12)c1ccc(Cl)cc1Cl. The number of Topliss-reactive ketones (excluding diaryl/α,β-unsaturated/α-hetero) is 1. The van der Waals surface area contributed by atoms with Gasteiger partial charge in [0.25, 0.3) is 0 Å². The van der Waals surface area contributed by atoms with Crippen molar-refractivity contribution in [2.24, 2.45) is 35.5 Å². The molecule has 0 radical (unpaired) electrons. The molecule has 0 N–H and O–H groups in total. The van der Waals surface area contributed by atoms with Crippen LogP contribution in [0.4, 0.5) is 5.69 Å². The number of anilines is 1. The van der Waals surface area contributed by atoms with Crippen LogP contribution >= 0.6 is 39.1 Å². The van der Waals surface area contributed by atoms with E-state index >= 15 is 0 Å². The Morgan fingerprint density at radius 3 is 2.22 bits per heavy atom. The highest BCUT2D eigenvalue weighted by Gasteiger charge is 2.67. The van der Waals surface area contributed by atoms with E-state index in [9.17, 15) is 19.2 Å². The Kier molecular flexibility index (Phi) is 6.75. The summed E-state index contributed by atoms with van der Waals surface area (Å²) in [6, 6.07) is 18.5. The molecule has 6 atom stereocenters. The first-order valence-corrected chi connectivity index (χ1v) is 16.2. The molecule has 4 aromatic rings. The van der Waals surface area contributed by atoms with Crippen LogP contribution in [-0.2, 0) is 14.3 Å². The number of halogens is 3. The van der Waals surface area contributed by atoms with Gasteiger partial charge in [0.1, 0.15) is 0 Å². The van der Waals surface area contributed by atoms with Crippen molar-refractivity contribution in [1.29, 1.82) is 0 Å². The van der Waals surface area contributed by atoms with E-state index in [1.807, 2.05) is 6.07 Å². The summed E-state index contributed by atoms with van der Waals surface area (Å²) in [5, 5.41) is 1.10. The smallest absolute Gasteiger partial charge is 0.339 e. The molecule has 1 saturated heterocycles. The van der Waals surface area contributed by atoms with Crippen LogP contribution < -0.4 is 4.90 Å². The van der Waals surface area contributed by atoms with Crippen molar-refractivity contribution in [2.75, 3.05) is 11.5 Å². The Balaban J connectivity index is 1.07. The summed E-state index contributed by atoms with van der Waals surface area (Å²) < 4.78 is 6.19. The van der Waals surface area contributed by atoms with Gasteiger partial charge in [0.05, 0.1) is 39.3 Å². The number of amides is 2. The second-order valence-corrected chi connectivity index (χ2v) is 13.8. The standard InChI is InChI=1S/C35H23BrCl2N2O5/c36-17-3-10-28-25(11-17)26(35(44)45-15-30(41)22-7-4-18(37)12-27(22)38)14-29(39-28)16-1-5-19(6-2-16)40-33(42)31-20-8-9-21(24-13-23(20)24)32(31)34(40)43/h1-12,14,20-21,23-24,31-32H,13,15H2. The zero-order valence-electron chi connectivity index (χ0n) is 23.5. The fraction of sp³-hybridized carbons (Fsp3) is 0.229. The first-order chi connectivity index (χ1) is 21.7. The van der Waals surface area contributed by atoms with Crippen molar-refractivity contribution in [3.63, 3.8) is 0 Å². The molecule has 1 aliphatic heterocycles. The summed E-state index contributed by atoms with van der Waals surface area (Å²) in [5.41, 5.74) is 2.68. The van der Waals surface area contributed by atoms with Gasteiger partial charge >= 0.3 is 5.97 Å². The number of imide groups is 1. The van der Waals surface area contributed by atoms with E-state index in [1.165, 1.54) is 17.0 Å². The molecule has 2 amide bonds. The topological polar surface area (TPSA) is 93.6 Å². The number of rotatable bonds is 6. The van der Waals surface area contributed by atoms with E-state index in [1.54, 1.807) is 48.5 Å². The number of esters is 1. The van der Waals surface area contributed by atoms with E-state index in [-0.39, 0.29) is 51.6 Å². The lowest BCUT2D eigenvalue weighted by Gasteiger charge is -2.37. The van der Waals surface area contributed by atoms with Crippen molar-refractivity contribution < 1.29 is 23.9 Å². The first-order valence-electron chi connectivity index (χ1n) is 14.6. The number of hydrogen-bond donors (Lipinski definition) is 0. The van der Waals surface area contributed by atoms with Crippen molar-refractivity contribution >= 4 is 79.3 Å². The minimum Gasteiger partial charge on any atom is -0.454 e. The van der Waals surface area contributed by atoms with Gasteiger partial charge in [-0.25, -0.2) is 9.78 Å². The van der Waals surface area contributed by atoms with Gasteiger partial charge in [-0.1, -0.05) is 63.4 Å². The van der Waals surface area contributed by atoms with E-state index < -0.39 is 18.4 Å². The van der Waals surface area contributed by atoms with Gasteiger partial charge in [0.2, 0.25) is 17.6 Å². The number of ether oxygens (including phenoxy) is 1. The third-order valence-corrected chi connectivity index (χ3v) is 10.7. The lowest BCUT2D eigenvalue weighted by atomic mass is 9.63. The third-order valence-electron chi connectivity index (χ3n) is 9.64. The number of aromatic nitrogens is 1. The van der Waals surface area contributed by atoms with Crippen LogP contribution in [0, 0.1) is 35.5 Å². The Morgan fingerprint density at radius 1 is 0.867 bits per heavy atom. The lowest BCUT2D eigenvalue weighted by molar-refractivity contribution is -0.124. The first kappa shape index (κ1) is 28.6. The Labute approximate surface area is 276 Å². The predicted molar refractivity (Wildman–Crippen MR) is 173 cm³/mol. The molecule has 10 heteroatoms. The van der Waals surface area contributed by atoms with Gasteiger partial charge in [-0.15, -0.1) is 0 Å². The highest BCUT2D eigenvalue weighted by molar-refractivity contribution is 9.10. The molecule has 2 saturated carbocycles. The zero-order chi connectivity index (χ0) is 31.1. The molecule has 224 valence electrons. The van der Waals surface area contributed by atoms with Crippen LogP contribution in [0.25, 0.3) is 22.2 Å². The minimum absolute atomic E-state index is 0.115. The number of nitrogens with zero attached hydrogens (tertiary/aromatic N) is 2. The number of pyridine rings is 1. The normalized spacial score (nSPS) is 25.8.